The van der Waals surface area contributed by atoms with Crippen LogP contribution in [0.5, 0.6) is 0 Å². The van der Waals surface area contributed by atoms with Crippen molar-refractivity contribution >= 4 is 23.4 Å². The molecule has 0 bridgehead atoms. The summed E-state index contributed by atoms with van der Waals surface area (Å²) in [5.41, 5.74) is 3.09. The number of rotatable bonds is 5. The lowest BCUT2D eigenvalue weighted by atomic mass is 10.1. The second-order valence-electron chi connectivity index (χ2n) is 4.99. The molecule has 5 nitrogen and oxygen atoms in total. The first kappa shape index (κ1) is 15.6. The number of nitrogens with one attached hydrogen (secondary N) is 2. The van der Waals surface area contributed by atoms with Crippen molar-refractivity contribution in [3.8, 4) is 0 Å². The molecule has 6 heteroatoms. The van der Waals surface area contributed by atoms with Crippen LogP contribution in [-0.4, -0.2) is 26.3 Å². The monoisotopic (exact) mass is 304 g/mol. The molecule has 0 aliphatic heterocycles. The summed E-state index contributed by atoms with van der Waals surface area (Å²) in [4.78, 5) is 16.5. The molecular formula is C15H20N4OS. The fourth-order valence-electron chi connectivity index (χ4n) is 1.89. The van der Waals surface area contributed by atoms with Crippen molar-refractivity contribution in [1.82, 2.24) is 15.2 Å². The number of thioether (sulfide) groups is 1. The smallest absolute Gasteiger partial charge is 0.237 e. The number of aryl methyl sites for hydroxylation is 3. The average molecular weight is 304 g/mol. The molecule has 1 aromatic heterocycles. The molecule has 2 rings (SSSR count). The number of aromatic amines is 1. The van der Waals surface area contributed by atoms with Crippen LogP contribution >= 0.6 is 11.8 Å². The molecule has 0 aliphatic rings. The van der Waals surface area contributed by atoms with E-state index in [0.717, 1.165) is 23.5 Å². The number of carbonyl (C=O) groups excluding carboxylic acids is 1. The van der Waals surface area contributed by atoms with E-state index in [4.69, 9.17) is 0 Å². The van der Waals surface area contributed by atoms with Crippen LogP contribution < -0.4 is 5.32 Å². The molecule has 0 spiro atoms. The Hall–Kier alpha value is -1.82. The normalized spacial score (nSPS) is 12.2. The van der Waals surface area contributed by atoms with E-state index >= 15 is 0 Å². The standard InChI is InChI=1S/C15H20N4OS/c1-5-13-17-15(19-18-13)21-11(4)14(20)16-12-7-6-9(2)8-10(12)3/h6-8,11H,5H2,1-4H3,(H,16,20)(H,17,18,19). The Labute approximate surface area is 128 Å². The van der Waals surface area contributed by atoms with Crippen molar-refractivity contribution in [2.45, 2.75) is 44.5 Å². The molecule has 2 aromatic rings. The fourth-order valence-corrected chi connectivity index (χ4v) is 2.63. The molecule has 1 aromatic carbocycles. The van der Waals surface area contributed by atoms with Gasteiger partial charge in [-0.25, -0.2) is 4.98 Å². The zero-order valence-electron chi connectivity index (χ0n) is 12.7. The van der Waals surface area contributed by atoms with Crippen LogP contribution in [0.4, 0.5) is 5.69 Å². The van der Waals surface area contributed by atoms with Crippen molar-refractivity contribution in [2.75, 3.05) is 5.32 Å². The Morgan fingerprint density at radius 1 is 1.43 bits per heavy atom. The van der Waals surface area contributed by atoms with E-state index in [1.807, 2.05) is 39.8 Å². The number of hydrogen-bond donors (Lipinski definition) is 2. The summed E-state index contributed by atoms with van der Waals surface area (Å²) in [6.07, 6.45) is 0.802. The maximum absolute atomic E-state index is 12.2. The van der Waals surface area contributed by atoms with Crippen LogP contribution in [0.2, 0.25) is 0 Å². The molecule has 0 aliphatic carbocycles. The topological polar surface area (TPSA) is 70.7 Å². The second kappa shape index (κ2) is 6.76. The Kier molecular flexibility index (Phi) is 5.01. The zero-order chi connectivity index (χ0) is 15.4. The molecule has 0 saturated carbocycles. The SMILES string of the molecule is CCc1nc(SC(C)C(=O)Nc2ccc(C)cc2C)n[nH]1. The van der Waals surface area contributed by atoms with Gasteiger partial charge in [0.1, 0.15) is 5.82 Å². The summed E-state index contributed by atoms with van der Waals surface area (Å²) < 4.78 is 0. The van der Waals surface area contributed by atoms with Crippen LogP contribution in [0.3, 0.4) is 0 Å². The maximum atomic E-state index is 12.2. The van der Waals surface area contributed by atoms with Crippen LogP contribution in [0.1, 0.15) is 30.8 Å². The van der Waals surface area contributed by atoms with Gasteiger partial charge in [0.25, 0.3) is 0 Å². The highest BCUT2D eigenvalue weighted by Gasteiger charge is 2.17. The highest BCUT2D eigenvalue weighted by Crippen LogP contribution is 2.22. The van der Waals surface area contributed by atoms with Crippen LogP contribution in [0, 0.1) is 13.8 Å². The Bertz CT molecular complexity index is 638. The number of H-pyrrole nitrogens is 1. The molecule has 21 heavy (non-hydrogen) atoms. The van der Waals surface area contributed by atoms with E-state index in [-0.39, 0.29) is 11.2 Å². The number of benzene rings is 1. The largest absolute Gasteiger partial charge is 0.325 e. The van der Waals surface area contributed by atoms with E-state index in [1.165, 1.54) is 17.3 Å². The molecule has 1 unspecified atom stereocenters. The number of carbonyl (C=O) groups is 1. The van der Waals surface area contributed by atoms with Gasteiger partial charge >= 0.3 is 0 Å². The van der Waals surface area contributed by atoms with Crippen molar-refractivity contribution in [1.29, 1.82) is 0 Å². The third kappa shape index (κ3) is 4.07. The number of nitrogens with zero attached hydrogens (tertiary/aromatic N) is 2. The van der Waals surface area contributed by atoms with Gasteiger partial charge in [-0.15, -0.1) is 5.10 Å². The zero-order valence-corrected chi connectivity index (χ0v) is 13.5. The first-order valence-corrected chi connectivity index (χ1v) is 7.83. The minimum Gasteiger partial charge on any atom is -0.325 e. The second-order valence-corrected chi connectivity index (χ2v) is 6.29. The summed E-state index contributed by atoms with van der Waals surface area (Å²) >= 11 is 1.35. The van der Waals surface area contributed by atoms with Gasteiger partial charge in [0.2, 0.25) is 11.1 Å². The van der Waals surface area contributed by atoms with Gasteiger partial charge in [-0.05, 0) is 32.4 Å². The van der Waals surface area contributed by atoms with Gasteiger partial charge in [0, 0.05) is 12.1 Å². The Balaban J connectivity index is 1.99. The Morgan fingerprint density at radius 3 is 2.81 bits per heavy atom. The third-order valence-corrected chi connectivity index (χ3v) is 4.10. The lowest BCUT2D eigenvalue weighted by molar-refractivity contribution is -0.115. The van der Waals surface area contributed by atoms with Crippen molar-refractivity contribution in [3.63, 3.8) is 0 Å². The molecule has 0 fully saturated rings. The Morgan fingerprint density at radius 2 is 2.19 bits per heavy atom. The number of aromatic nitrogens is 3. The summed E-state index contributed by atoms with van der Waals surface area (Å²) in [6.45, 7) is 7.88. The summed E-state index contributed by atoms with van der Waals surface area (Å²) in [7, 11) is 0. The van der Waals surface area contributed by atoms with Gasteiger partial charge in [-0.3, -0.25) is 9.89 Å². The molecule has 0 radical (unpaired) electrons. The molecule has 1 atom stereocenters. The van der Waals surface area contributed by atoms with E-state index in [1.54, 1.807) is 0 Å². The van der Waals surface area contributed by atoms with Gasteiger partial charge in [0.05, 0.1) is 5.25 Å². The average Bonchev–Trinajstić information content (AvgIpc) is 2.89. The molecule has 1 heterocycles. The predicted octanol–water partition coefficient (Wildman–Crippen LogP) is 3.10. The van der Waals surface area contributed by atoms with Crippen molar-refractivity contribution in [2.24, 2.45) is 0 Å². The lowest BCUT2D eigenvalue weighted by Gasteiger charge is -2.12. The van der Waals surface area contributed by atoms with Crippen LogP contribution in [0.15, 0.2) is 23.4 Å². The van der Waals surface area contributed by atoms with Crippen molar-refractivity contribution < 1.29 is 4.79 Å². The third-order valence-electron chi connectivity index (χ3n) is 3.14. The van der Waals surface area contributed by atoms with Gasteiger partial charge in [0.15, 0.2) is 0 Å². The summed E-state index contributed by atoms with van der Waals surface area (Å²) in [5.74, 6) is 0.786. The maximum Gasteiger partial charge on any atom is 0.237 e. The predicted molar refractivity (Wildman–Crippen MR) is 85.6 cm³/mol. The number of amides is 1. The first-order chi connectivity index (χ1) is 9.99. The first-order valence-electron chi connectivity index (χ1n) is 6.95. The van der Waals surface area contributed by atoms with Crippen LogP contribution in [0.25, 0.3) is 0 Å². The summed E-state index contributed by atoms with van der Waals surface area (Å²) in [5, 5.41) is 10.2. The molecule has 2 N–H and O–H groups in total. The summed E-state index contributed by atoms with van der Waals surface area (Å²) in [6, 6.07) is 5.97. The molecule has 0 saturated heterocycles. The van der Waals surface area contributed by atoms with E-state index in [2.05, 4.69) is 26.6 Å². The van der Waals surface area contributed by atoms with E-state index < -0.39 is 0 Å². The molecule has 112 valence electrons. The highest BCUT2D eigenvalue weighted by atomic mass is 32.2. The minimum absolute atomic E-state index is 0.0465. The minimum atomic E-state index is -0.258. The van der Waals surface area contributed by atoms with Gasteiger partial charge < -0.3 is 5.32 Å². The van der Waals surface area contributed by atoms with Gasteiger partial charge in [-0.2, -0.15) is 0 Å². The quantitative estimate of drug-likeness (QED) is 0.833. The number of anilines is 1. The fraction of sp³-hybridized carbons (Fsp3) is 0.400. The molecule has 1 amide bonds. The molecular weight excluding hydrogens is 284 g/mol. The number of hydrogen-bond acceptors (Lipinski definition) is 4. The van der Waals surface area contributed by atoms with E-state index in [0.29, 0.717) is 5.16 Å². The van der Waals surface area contributed by atoms with Gasteiger partial charge in [-0.1, -0.05) is 36.4 Å². The van der Waals surface area contributed by atoms with Crippen molar-refractivity contribution in [3.05, 3.63) is 35.2 Å². The van der Waals surface area contributed by atoms with Crippen LogP contribution in [-0.2, 0) is 11.2 Å². The highest BCUT2D eigenvalue weighted by molar-refractivity contribution is 8.00. The lowest BCUT2D eigenvalue weighted by Crippen LogP contribution is -2.23. The van der Waals surface area contributed by atoms with E-state index in [9.17, 15) is 4.79 Å².